The molecule has 0 unspecified atom stereocenters. The monoisotopic (exact) mass is 377 g/mol. The molecule has 5 nitrogen and oxygen atoms in total. The normalized spacial score (nSPS) is 10.5. The number of thioether (sulfide) groups is 1. The number of nitrogens with one attached hydrogen (secondary N) is 1. The maximum absolute atomic E-state index is 12.8. The molecule has 0 saturated carbocycles. The summed E-state index contributed by atoms with van der Waals surface area (Å²) in [7, 11) is 1.63. The van der Waals surface area contributed by atoms with Gasteiger partial charge in [0.1, 0.15) is 17.3 Å². The lowest BCUT2D eigenvalue weighted by atomic mass is 10.3. The third-order valence-corrected chi connectivity index (χ3v) is 5.05. The predicted molar refractivity (Wildman–Crippen MR) is 98.8 cm³/mol. The van der Waals surface area contributed by atoms with Crippen molar-refractivity contribution >= 4 is 33.9 Å². The van der Waals surface area contributed by atoms with Crippen LogP contribution >= 0.6 is 23.1 Å². The molecule has 8 heteroatoms. The summed E-state index contributed by atoms with van der Waals surface area (Å²) >= 11 is 3.04. The van der Waals surface area contributed by atoms with Gasteiger partial charge in [-0.2, -0.15) is 0 Å². The van der Waals surface area contributed by atoms with Crippen molar-refractivity contribution in [2.24, 2.45) is 0 Å². The Hall–Kier alpha value is -2.32. The summed E-state index contributed by atoms with van der Waals surface area (Å²) in [6, 6.07) is 13.6. The second kappa shape index (κ2) is 8.68. The minimum atomic E-state index is -0.272. The zero-order valence-electron chi connectivity index (χ0n) is 13.4. The topological polar surface area (TPSA) is 56.3 Å². The van der Waals surface area contributed by atoms with Gasteiger partial charge < -0.3 is 14.8 Å². The van der Waals surface area contributed by atoms with E-state index in [9.17, 15) is 4.39 Å². The highest BCUT2D eigenvalue weighted by Gasteiger charge is 2.06. The van der Waals surface area contributed by atoms with Gasteiger partial charge >= 0.3 is 0 Å². The van der Waals surface area contributed by atoms with Crippen LogP contribution in [-0.2, 0) is 0 Å². The summed E-state index contributed by atoms with van der Waals surface area (Å²) in [5.41, 5.74) is 0.895. The van der Waals surface area contributed by atoms with E-state index in [1.54, 1.807) is 31.0 Å². The van der Waals surface area contributed by atoms with Gasteiger partial charge in [-0.3, -0.25) is 0 Å². The lowest BCUT2D eigenvalue weighted by molar-refractivity contribution is 0.343. The van der Waals surface area contributed by atoms with Gasteiger partial charge in [0, 0.05) is 17.5 Å². The van der Waals surface area contributed by atoms with Crippen LogP contribution in [0.2, 0.25) is 0 Å². The van der Waals surface area contributed by atoms with Crippen LogP contribution in [0.25, 0.3) is 0 Å². The van der Waals surface area contributed by atoms with Gasteiger partial charge in [0.2, 0.25) is 5.13 Å². The van der Waals surface area contributed by atoms with Crippen LogP contribution in [0, 0.1) is 5.82 Å². The molecule has 130 valence electrons. The van der Waals surface area contributed by atoms with Crippen molar-refractivity contribution < 1.29 is 13.9 Å². The Morgan fingerprint density at radius 3 is 2.76 bits per heavy atom. The molecular formula is C17H16FN3O2S2. The maximum atomic E-state index is 12.8. The highest BCUT2D eigenvalue weighted by molar-refractivity contribution is 8.01. The van der Waals surface area contributed by atoms with Gasteiger partial charge in [-0.1, -0.05) is 29.2 Å². The molecule has 0 saturated heterocycles. The number of methoxy groups -OCH3 is 1. The van der Waals surface area contributed by atoms with Crippen LogP contribution in [0.1, 0.15) is 0 Å². The number of hydrogen-bond acceptors (Lipinski definition) is 7. The average Bonchev–Trinajstić information content (AvgIpc) is 3.08. The van der Waals surface area contributed by atoms with E-state index in [1.807, 2.05) is 24.3 Å². The number of benzene rings is 2. The minimum absolute atomic E-state index is 0.272. The van der Waals surface area contributed by atoms with Gasteiger partial charge in [-0.15, -0.1) is 10.2 Å². The van der Waals surface area contributed by atoms with Crippen molar-refractivity contribution in [3.63, 3.8) is 0 Å². The number of nitrogens with zero attached hydrogens (tertiary/aromatic N) is 2. The molecule has 0 bridgehead atoms. The number of halogens is 1. The molecule has 25 heavy (non-hydrogen) atoms. The Kier molecular flexibility index (Phi) is 6.08. The Balaban J connectivity index is 1.45. The highest BCUT2D eigenvalue weighted by Crippen LogP contribution is 2.28. The molecule has 1 N–H and O–H groups in total. The molecule has 0 fully saturated rings. The van der Waals surface area contributed by atoms with Crippen molar-refractivity contribution in [1.29, 1.82) is 0 Å². The second-order valence-electron chi connectivity index (χ2n) is 4.88. The van der Waals surface area contributed by atoms with Crippen molar-refractivity contribution in [2.75, 3.05) is 24.8 Å². The van der Waals surface area contributed by atoms with Crippen molar-refractivity contribution in [3.8, 4) is 11.5 Å². The summed E-state index contributed by atoms with van der Waals surface area (Å²) in [6.07, 6.45) is 0. The summed E-state index contributed by atoms with van der Waals surface area (Å²) < 4.78 is 24.4. The first kappa shape index (κ1) is 17.5. The first-order valence-electron chi connectivity index (χ1n) is 7.49. The van der Waals surface area contributed by atoms with E-state index in [1.165, 1.54) is 23.5 Å². The fourth-order valence-corrected chi connectivity index (χ4v) is 3.62. The Labute approximate surface area is 153 Å². The Bertz CT molecular complexity index is 812. The summed E-state index contributed by atoms with van der Waals surface area (Å²) in [5.74, 6) is 1.89. The fourth-order valence-electron chi connectivity index (χ4n) is 1.96. The first-order valence-corrected chi connectivity index (χ1v) is 9.29. The molecule has 2 aromatic carbocycles. The molecule has 0 spiro atoms. The zero-order chi connectivity index (χ0) is 17.5. The predicted octanol–water partition coefficient (Wildman–Crippen LogP) is 4.60. The smallest absolute Gasteiger partial charge is 0.210 e. The SMILES string of the molecule is COc1cccc(Nc2nnc(SCCOc3ccc(F)cc3)s2)c1. The molecule has 0 aliphatic rings. The van der Waals surface area contributed by atoms with E-state index in [2.05, 4.69) is 15.5 Å². The van der Waals surface area contributed by atoms with Crippen molar-refractivity contribution in [1.82, 2.24) is 10.2 Å². The van der Waals surface area contributed by atoms with E-state index in [0.29, 0.717) is 12.4 Å². The second-order valence-corrected chi connectivity index (χ2v) is 7.20. The molecule has 0 radical (unpaired) electrons. The summed E-state index contributed by atoms with van der Waals surface area (Å²) in [5, 5.41) is 12.2. The van der Waals surface area contributed by atoms with Gasteiger partial charge in [-0.05, 0) is 36.4 Å². The Morgan fingerprint density at radius 2 is 1.96 bits per heavy atom. The van der Waals surface area contributed by atoms with E-state index >= 15 is 0 Å². The van der Waals surface area contributed by atoms with E-state index in [0.717, 1.165) is 26.7 Å². The van der Waals surface area contributed by atoms with Gasteiger partial charge in [0.25, 0.3) is 0 Å². The largest absolute Gasteiger partial charge is 0.497 e. The molecule has 1 heterocycles. The zero-order valence-corrected chi connectivity index (χ0v) is 15.1. The third-order valence-electron chi connectivity index (χ3n) is 3.12. The molecule has 3 aromatic rings. The third kappa shape index (κ3) is 5.33. The maximum Gasteiger partial charge on any atom is 0.210 e. The number of hydrogen-bond donors (Lipinski definition) is 1. The van der Waals surface area contributed by atoms with Crippen LogP contribution in [0.15, 0.2) is 52.9 Å². The minimum Gasteiger partial charge on any atom is -0.497 e. The van der Waals surface area contributed by atoms with E-state index < -0.39 is 0 Å². The molecular weight excluding hydrogens is 361 g/mol. The van der Waals surface area contributed by atoms with Crippen molar-refractivity contribution in [2.45, 2.75) is 4.34 Å². The van der Waals surface area contributed by atoms with Gasteiger partial charge in [-0.25, -0.2) is 4.39 Å². The van der Waals surface area contributed by atoms with Crippen molar-refractivity contribution in [3.05, 3.63) is 54.3 Å². The standard InChI is InChI=1S/C17H16FN3O2S2/c1-22-15-4-2-3-13(11-15)19-16-20-21-17(25-16)24-10-9-23-14-7-5-12(18)6-8-14/h2-8,11H,9-10H2,1H3,(H,19,20). The van der Waals surface area contributed by atoms with E-state index in [-0.39, 0.29) is 5.82 Å². The van der Waals surface area contributed by atoms with Crippen LogP contribution in [0.5, 0.6) is 11.5 Å². The quantitative estimate of drug-likeness (QED) is 0.457. The molecule has 0 atom stereocenters. The molecule has 0 amide bonds. The average molecular weight is 377 g/mol. The van der Waals surface area contributed by atoms with Crippen LogP contribution in [0.4, 0.5) is 15.2 Å². The number of ether oxygens (including phenoxy) is 2. The van der Waals surface area contributed by atoms with E-state index in [4.69, 9.17) is 9.47 Å². The van der Waals surface area contributed by atoms with Crippen LogP contribution in [0.3, 0.4) is 0 Å². The molecule has 0 aliphatic carbocycles. The Morgan fingerprint density at radius 1 is 1.12 bits per heavy atom. The lowest BCUT2D eigenvalue weighted by Crippen LogP contribution is -1.99. The number of rotatable bonds is 8. The lowest BCUT2D eigenvalue weighted by Gasteiger charge is -2.04. The number of anilines is 2. The highest BCUT2D eigenvalue weighted by atomic mass is 32.2. The van der Waals surface area contributed by atoms with Gasteiger partial charge in [0.05, 0.1) is 13.7 Å². The first-order chi connectivity index (χ1) is 12.2. The van der Waals surface area contributed by atoms with Gasteiger partial charge in [0.15, 0.2) is 4.34 Å². The number of aromatic nitrogens is 2. The fraction of sp³-hybridized carbons (Fsp3) is 0.176. The summed E-state index contributed by atoms with van der Waals surface area (Å²) in [4.78, 5) is 0. The summed E-state index contributed by atoms with van der Waals surface area (Å²) in [6.45, 7) is 0.508. The molecule has 1 aromatic heterocycles. The van der Waals surface area contributed by atoms with Crippen LogP contribution < -0.4 is 14.8 Å². The molecule has 0 aliphatic heterocycles. The van der Waals surface area contributed by atoms with Crippen LogP contribution in [-0.4, -0.2) is 29.7 Å². The molecule has 3 rings (SSSR count).